The van der Waals surface area contributed by atoms with Crippen LogP contribution in [-0.4, -0.2) is 53.0 Å². The van der Waals surface area contributed by atoms with Gasteiger partial charge in [-0.3, -0.25) is 9.88 Å². The Balaban J connectivity index is 1.42. The number of carbonyl (C=O) groups is 1. The van der Waals surface area contributed by atoms with Gasteiger partial charge in [-0.05, 0) is 25.0 Å². The second-order valence-corrected chi connectivity index (χ2v) is 6.72. The molecule has 1 saturated heterocycles. The lowest BCUT2D eigenvalue weighted by Crippen LogP contribution is -2.53. The van der Waals surface area contributed by atoms with E-state index in [9.17, 15) is 4.79 Å². The molecule has 0 unspecified atom stereocenters. The minimum absolute atomic E-state index is 0.134. The highest BCUT2D eigenvalue weighted by Crippen LogP contribution is 2.17. The molecule has 1 aliphatic heterocycles. The predicted octanol–water partition coefficient (Wildman–Crippen LogP) is 2.63. The van der Waals surface area contributed by atoms with Gasteiger partial charge >= 0.3 is 6.03 Å². The number of amides is 2. The molecule has 2 aliphatic rings. The monoisotopic (exact) mass is 316 g/mol. The summed E-state index contributed by atoms with van der Waals surface area (Å²) in [4.78, 5) is 21.2. The van der Waals surface area contributed by atoms with Crippen LogP contribution in [0, 0.1) is 0 Å². The summed E-state index contributed by atoms with van der Waals surface area (Å²) in [6.07, 6.45) is 9.27. The summed E-state index contributed by atoms with van der Waals surface area (Å²) in [5, 5.41) is 3.25. The van der Waals surface area contributed by atoms with Gasteiger partial charge in [0.05, 0.1) is 5.69 Å². The SMILES string of the molecule is O=C(NC1CCCCCC1)N1CCN(Cc2ccccn2)CC1. The Bertz CT molecular complexity index is 477. The molecule has 3 rings (SSSR count). The average molecular weight is 316 g/mol. The van der Waals surface area contributed by atoms with E-state index < -0.39 is 0 Å². The largest absolute Gasteiger partial charge is 0.335 e. The Morgan fingerprint density at radius 2 is 1.83 bits per heavy atom. The molecule has 2 heterocycles. The van der Waals surface area contributed by atoms with Crippen molar-refractivity contribution >= 4 is 6.03 Å². The highest BCUT2D eigenvalue weighted by Gasteiger charge is 2.23. The third-order valence-electron chi connectivity index (χ3n) is 4.95. The molecule has 0 atom stereocenters. The van der Waals surface area contributed by atoms with Gasteiger partial charge in [0.15, 0.2) is 0 Å². The van der Waals surface area contributed by atoms with Crippen LogP contribution in [0.5, 0.6) is 0 Å². The van der Waals surface area contributed by atoms with Gasteiger partial charge in [0.1, 0.15) is 0 Å². The molecule has 1 aromatic heterocycles. The lowest BCUT2D eigenvalue weighted by Gasteiger charge is -2.35. The highest BCUT2D eigenvalue weighted by atomic mass is 16.2. The van der Waals surface area contributed by atoms with Crippen molar-refractivity contribution < 1.29 is 4.79 Å². The van der Waals surface area contributed by atoms with Gasteiger partial charge < -0.3 is 10.2 Å². The maximum atomic E-state index is 12.4. The summed E-state index contributed by atoms with van der Waals surface area (Å²) >= 11 is 0. The number of nitrogens with one attached hydrogen (secondary N) is 1. The molecule has 23 heavy (non-hydrogen) atoms. The minimum Gasteiger partial charge on any atom is -0.335 e. The quantitative estimate of drug-likeness (QED) is 0.872. The predicted molar refractivity (Wildman–Crippen MR) is 91.1 cm³/mol. The molecule has 1 N–H and O–H groups in total. The molecule has 0 radical (unpaired) electrons. The average Bonchev–Trinajstić information content (AvgIpc) is 2.85. The summed E-state index contributed by atoms with van der Waals surface area (Å²) in [6, 6.07) is 6.55. The highest BCUT2D eigenvalue weighted by molar-refractivity contribution is 5.74. The summed E-state index contributed by atoms with van der Waals surface area (Å²) in [6.45, 7) is 4.35. The zero-order valence-corrected chi connectivity index (χ0v) is 13.9. The fourth-order valence-electron chi connectivity index (χ4n) is 3.52. The van der Waals surface area contributed by atoms with E-state index in [0.29, 0.717) is 6.04 Å². The van der Waals surface area contributed by atoms with E-state index in [2.05, 4.69) is 21.3 Å². The number of carbonyl (C=O) groups excluding carboxylic acids is 1. The maximum Gasteiger partial charge on any atom is 0.317 e. The van der Waals surface area contributed by atoms with Crippen molar-refractivity contribution in [2.75, 3.05) is 26.2 Å². The second kappa shape index (κ2) is 8.29. The summed E-state index contributed by atoms with van der Waals surface area (Å²) in [5.41, 5.74) is 1.10. The normalized spacial score (nSPS) is 21.0. The molecule has 5 nitrogen and oxygen atoms in total. The smallest absolute Gasteiger partial charge is 0.317 e. The summed E-state index contributed by atoms with van der Waals surface area (Å²) < 4.78 is 0. The van der Waals surface area contributed by atoms with Gasteiger partial charge in [-0.15, -0.1) is 0 Å². The number of piperazine rings is 1. The van der Waals surface area contributed by atoms with Gasteiger partial charge in [0.2, 0.25) is 0 Å². The van der Waals surface area contributed by atoms with Crippen LogP contribution in [0.1, 0.15) is 44.2 Å². The molecule has 1 aliphatic carbocycles. The van der Waals surface area contributed by atoms with Crippen molar-refractivity contribution in [1.29, 1.82) is 0 Å². The minimum atomic E-state index is 0.134. The van der Waals surface area contributed by atoms with Crippen LogP contribution >= 0.6 is 0 Å². The molecule has 5 heteroatoms. The summed E-state index contributed by atoms with van der Waals surface area (Å²) in [7, 11) is 0. The summed E-state index contributed by atoms with van der Waals surface area (Å²) in [5.74, 6) is 0. The molecular formula is C18H28N4O. The number of aromatic nitrogens is 1. The van der Waals surface area contributed by atoms with Crippen LogP contribution in [0.25, 0.3) is 0 Å². The van der Waals surface area contributed by atoms with Crippen LogP contribution in [0.15, 0.2) is 24.4 Å². The molecule has 2 fully saturated rings. The Morgan fingerprint density at radius 3 is 2.48 bits per heavy atom. The van der Waals surface area contributed by atoms with Crippen molar-refractivity contribution in [2.24, 2.45) is 0 Å². The maximum absolute atomic E-state index is 12.4. The second-order valence-electron chi connectivity index (χ2n) is 6.72. The van der Waals surface area contributed by atoms with Crippen molar-refractivity contribution in [3.63, 3.8) is 0 Å². The Hall–Kier alpha value is -1.62. The first-order chi connectivity index (χ1) is 11.3. The van der Waals surface area contributed by atoms with E-state index in [1.165, 1.54) is 25.7 Å². The first-order valence-corrected chi connectivity index (χ1v) is 8.99. The van der Waals surface area contributed by atoms with Crippen LogP contribution in [-0.2, 0) is 6.54 Å². The molecule has 0 aromatic carbocycles. The van der Waals surface area contributed by atoms with E-state index in [0.717, 1.165) is 51.3 Å². The van der Waals surface area contributed by atoms with Crippen LogP contribution in [0.4, 0.5) is 4.79 Å². The fraction of sp³-hybridized carbons (Fsp3) is 0.667. The van der Waals surface area contributed by atoms with E-state index in [4.69, 9.17) is 0 Å². The number of rotatable bonds is 3. The Kier molecular flexibility index (Phi) is 5.86. The van der Waals surface area contributed by atoms with Crippen LogP contribution in [0.3, 0.4) is 0 Å². The zero-order chi connectivity index (χ0) is 15.9. The lowest BCUT2D eigenvalue weighted by atomic mass is 10.1. The van der Waals surface area contributed by atoms with Crippen molar-refractivity contribution in [3.8, 4) is 0 Å². The van der Waals surface area contributed by atoms with Crippen molar-refractivity contribution in [1.82, 2.24) is 20.1 Å². The zero-order valence-electron chi connectivity index (χ0n) is 13.9. The molecule has 0 bridgehead atoms. The third kappa shape index (κ3) is 4.93. The molecule has 1 saturated carbocycles. The van der Waals surface area contributed by atoms with E-state index in [1.807, 2.05) is 23.2 Å². The molecule has 2 amide bonds. The van der Waals surface area contributed by atoms with E-state index in [1.54, 1.807) is 0 Å². The number of nitrogens with zero attached hydrogens (tertiary/aromatic N) is 3. The number of urea groups is 1. The van der Waals surface area contributed by atoms with Gasteiger partial charge in [0.25, 0.3) is 0 Å². The van der Waals surface area contributed by atoms with Crippen molar-refractivity contribution in [3.05, 3.63) is 30.1 Å². The number of hydrogen-bond acceptors (Lipinski definition) is 3. The number of hydrogen-bond donors (Lipinski definition) is 1. The van der Waals surface area contributed by atoms with Crippen LogP contribution < -0.4 is 5.32 Å². The van der Waals surface area contributed by atoms with E-state index >= 15 is 0 Å². The van der Waals surface area contributed by atoms with Gasteiger partial charge in [-0.2, -0.15) is 0 Å². The topological polar surface area (TPSA) is 48.5 Å². The Labute approximate surface area is 139 Å². The van der Waals surface area contributed by atoms with Crippen molar-refractivity contribution in [2.45, 2.75) is 51.1 Å². The van der Waals surface area contributed by atoms with Gasteiger partial charge in [-0.1, -0.05) is 31.7 Å². The van der Waals surface area contributed by atoms with Gasteiger partial charge in [-0.25, -0.2) is 4.79 Å². The Morgan fingerprint density at radius 1 is 1.09 bits per heavy atom. The third-order valence-corrected chi connectivity index (χ3v) is 4.95. The fourth-order valence-corrected chi connectivity index (χ4v) is 3.52. The lowest BCUT2D eigenvalue weighted by molar-refractivity contribution is 0.132. The molecule has 0 spiro atoms. The standard InChI is InChI=1S/C18H28N4O/c23-18(20-16-7-3-1-2-4-8-16)22-13-11-21(12-14-22)15-17-9-5-6-10-19-17/h5-6,9-10,16H,1-4,7-8,11-15H2,(H,20,23). The molecule has 126 valence electrons. The van der Waals surface area contributed by atoms with Gasteiger partial charge in [0, 0.05) is 45.0 Å². The number of pyridine rings is 1. The molecule has 1 aromatic rings. The first kappa shape index (κ1) is 16.2. The van der Waals surface area contributed by atoms with E-state index in [-0.39, 0.29) is 6.03 Å². The molecular weight excluding hydrogens is 288 g/mol. The van der Waals surface area contributed by atoms with Crippen LogP contribution in [0.2, 0.25) is 0 Å². The first-order valence-electron chi connectivity index (χ1n) is 8.99.